The third kappa shape index (κ3) is 3.33. The Bertz CT molecular complexity index is 784. The molecule has 0 fully saturated rings. The molecular formula is C18H20N2O3S. The van der Waals surface area contributed by atoms with Gasteiger partial charge >= 0.3 is 5.97 Å². The number of carboxylic acids is 1. The van der Waals surface area contributed by atoms with Gasteiger partial charge in [0.25, 0.3) is 0 Å². The van der Waals surface area contributed by atoms with Crippen LogP contribution < -0.4 is 0 Å². The molecule has 0 saturated heterocycles. The molecule has 0 spiro atoms. The summed E-state index contributed by atoms with van der Waals surface area (Å²) in [6, 6.07) is 6.65. The van der Waals surface area contributed by atoms with E-state index in [1.165, 1.54) is 10.9 Å². The Hall–Kier alpha value is -2.21. The Labute approximate surface area is 145 Å². The molecule has 2 aromatic rings. The Morgan fingerprint density at radius 3 is 2.96 bits per heavy atom. The van der Waals surface area contributed by atoms with E-state index >= 15 is 0 Å². The Morgan fingerprint density at radius 1 is 1.42 bits per heavy atom. The fourth-order valence-electron chi connectivity index (χ4n) is 3.18. The van der Waals surface area contributed by atoms with Gasteiger partial charge < -0.3 is 10.0 Å². The number of thiazole rings is 1. The van der Waals surface area contributed by atoms with E-state index in [2.05, 4.69) is 4.98 Å². The van der Waals surface area contributed by atoms with Crippen molar-refractivity contribution in [1.29, 1.82) is 0 Å². The molecule has 126 valence electrons. The van der Waals surface area contributed by atoms with Crippen LogP contribution in [0.15, 0.2) is 24.3 Å². The molecule has 1 aromatic carbocycles. The van der Waals surface area contributed by atoms with E-state index in [1.807, 2.05) is 14.0 Å². The van der Waals surface area contributed by atoms with Crippen LogP contribution in [0.1, 0.15) is 50.4 Å². The first-order valence-electron chi connectivity index (χ1n) is 8.00. The van der Waals surface area contributed by atoms with Gasteiger partial charge in [0.2, 0.25) is 5.91 Å². The van der Waals surface area contributed by atoms with Gasteiger partial charge in [0.15, 0.2) is 0 Å². The summed E-state index contributed by atoms with van der Waals surface area (Å²) >= 11 is 1.67. The zero-order valence-corrected chi connectivity index (χ0v) is 14.6. The van der Waals surface area contributed by atoms with Gasteiger partial charge in [-0.2, -0.15) is 0 Å². The van der Waals surface area contributed by atoms with Gasteiger partial charge in [0.1, 0.15) is 0 Å². The van der Waals surface area contributed by atoms with Crippen molar-refractivity contribution in [2.45, 2.75) is 38.6 Å². The number of carbonyl (C=O) groups excluding carboxylic acids is 1. The second kappa shape index (κ2) is 6.73. The summed E-state index contributed by atoms with van der Waals surface area (Å²) in [6.07, 6.45) is 3.18. The maximum Gasteiger partial charge on any atom is 0.335 e. The van der Waals surface area contributed by atoms with Crippen molar-refractivity contribution in [3.05, 3.63) is 51.0 Å². The third-order valence-corrected chi connectivity index (χ3v) is 5.53. The second-order valence-electron chi connectivity index (χ2n) is 6.14. The van der Waals surface area contributed by atoms with Gasteiger partial charge in [-0.3, -0.25) is 4.79 Å². The standard InChI is InChI=1S/C18H20N2O3S/c1-11-19-14-7-4-8-15(17(14)24-11)20(2)16(21)10-12-5-3-6-13(9-12)18(22)23/h3,5-6,9,15H,4,7-8,10H2,1-2H3,(H,22,23). The first-order valence-corrected chi connectivity index (χ1v) is 8.81. The summed E-state index contributed by atoms with van der Waals surface area (Å²) in [5, 5.41) is 10.1. The van der Waals surface area contributed by atoms with Crippen LogP contribution in [-0.2, 0) is 17.6 Å². The number of carbonyl (C=O) groups is 2. The van der Waals surface area contributed by atoms with E-state index in [0.717, 1.165) is 35.5 Å². The SMILES string of the molecule is Cc1nc2c(s1)C(N(C)C(=O)Cc1cccc(C(=O)O)c1)CCC2. The molecular weight excluding hydrogens is 324 g/mol. The maximum absolute atomic E-state index is 12.7. The smallest absolute Gasteiger partial charge is 0.335 e. The van der Waals surface area contributed by atoms with Crippen molar-refractivity contribution in [2.24, 2.45) is 0 Å². The highest BCUT2D eigenvalue weighted by molar-refractivity contribution is 7.11. The summed E-state index contributed by atoms with van der Waals surface area (Å²) in [7, 11) is 1.83. The highest BCUT2D eigenvalue weighted by Gasteiger charge is 2.29. The van der Waals surface area contributed by atoms with E-state index in [0.29, 0.717) is 0 Å². The highest BCUT2D eigenvalue weighted by Crippen LogP contribution is 2.37. The summed E-state index contributed by atoms with van der Waals surface area (Å²) in [5.41, 5.74) is 2.06. The summed E-state index contributed by atoms with van der Waals surface area (Å²) < 4.78 is 0. The largest absolute Gasteiger partial charge is 0.478 e. The Balaban J connectivity index is 1.76. The number of rotatable bonds is 4. The van der Waals surface area contributed by atoms with Crippen LogP contribution in [0.25, 0.3) is 0 Å². The van der Waals surface area contributed by atoms with Crippen molar-refractivity contribution < 1.29 is 14.7 Å². The lowest BCUT2D eigenvalue weighted by Crippen LogP contribution is -2.33. The molecule has 0 bridgehead atoms. The van der Waals surface area contributed by atoms with Gasteiger partial charge in [0.05, 0.1) is 33.6 Å². The van der Waals surface area contributed by atoms with Crippen LogP contribution in [0.4, 0.5) is 0 Å². The van der Waals surface area contributed by atoms with E-state index in [9.17, 15) is 9.59 Å². The fourth-order valence-corrected chi connectivity index (χ4v) is 4.33. The van der Waals surface area contributed by atoms with E-state index in [1.54, 1.807) is 34.4 Å². The van der Waals surface area contributed by atoms with Crippen LogP contribution in [0, 0.1) is 6.92 Å². The van der Waals surface area contributed by atoms with Crippen molar-refractivity contribution in [2.75, 3.05) is 7.05 Å². The minimum Gasteiger partial charge on any atom is -0.478 e. The average molecular weight is 344 g/mol. The van der Waals surface area contributed by atoms with Gasteiger partial charge in [-0.25, -0.2) is 9.78 Å². The van der Waals surface area contributed by atoms with Crippen molar-refractivity contribution >= 4 is 23.2 Å². The molecule has 1 N–H and O–H groups in total. The number of carboxylic acid groups (broad SMARTS) is 1. The minimum atomic E-state index is -0.977. The molecule has 1 unspecified atom stereocenters. The zero-order valence-electron chi connectivity index (χ0n) is 13.8. The normalized spacial score (nSPS) is 16.5. The monoisotopic (exact) mass is 344 g/mol. The van der Waals surface area contributed by atoms with Crippen LogP contribution in [0.2, 0.25) is 0 Å². The van der Waals surface area contributed by atoms with Gasteiger partial charge in [-0.15, -0.1) is 11.3 Å². The average Bonchev–Trinajstić information content (AvgIpc) is 2.94. The maximum atomic E-state index is 12.7. The Morgan fingerprint density at radius 2 is 2.21 bits per heavy atom. The quantitative estimate of drug-likeness (QED) is 0.924. The molecule has 1 atom stereocenters. The molecule has 24 heavy (non-hydrogen) atoms. The lowest BCUT2D eigenvalue weighted by molar-refractivity contribution is -0.131. The molecule has 0 aliphatic heterocycles. The molecule has 5 nitrogen and oxygen atoms in total. The summed E-state index contributed by atoms with van der Waals surface area (Å²) in [4.78, 5) is 31.3. The summed E-state index contributed by atoms with van der Waals surface area (Å²) in [6.45, 7) is 2.00. The van der Waals surface area contributed by atoms with Gasteiger partial charge in [0, 0.05) is 7.05 Å². The van der Waals surface area contributed by atoms with Crippen LogP contribution in [0.3, 0.4) is 0 Å². The van der Waals surface area contributed by atoms with Gasteiger partial charge in [-0.05, 0) is 43.9 Å². The lowest BCUT2D eigenvalue weighted by atomic mass is 9.96. The number of aromatic carboxylic acids is 1. The number of nitrogens with zero attached hydrogens (tertiary/aromatic N) is 2. The van der Waals surface area contributed by atoms with E-state index in [4.69, 9.17) is 5.11 Å². The van der Waals surface area contributed by atoms with Crippen LogP contribution in [0.5, 0.6) is 0 Å². The number of aromatic nitrogens is 1. The molecule has 1 amide bonds. The number of amides is 1. The minimum absolute atomic E-state index is 0.00134. The Kier molecular flexibility index (Phi) is 4.66. The van der Waals surface area contributed by atoms with E-state index < -0.39 is 5.97 Å². The first-order chi connectivity index (χ1) is 11.5. The van der Waals surface area contributed by atoms with Crippen molar-refractivity contribution in [3.8, 4) is 0 Å². The molecule has 1 heterocycles. The fraction of sp³-hybridized carbons (Fsp3) is 0.389. The zero-order chi connectivity index (χ0) is 17.3. The van der Waals surface area contributed by atoms with Gasteiger partial charge in [-0.1, -0.05) is 12.1 Å². The number of hydrogen-bond donors (Lipinski definition) is 1. The number of hydrogen-bond acceptors (Lipinski definition) is 4. The molecule has 3 rings (SSSR count). The summed E-state index contributed by atoms with van der Waals surface area (Å²) in [5.74, 6) is -0.976. The van der Waals surface area contributed by atoms with Crippen LogP contribution >= 0.6 is 11.3 Å². The molecule has 0 radical (unpaired) electrons. The number of benzene rings is 1. The number of fused-ring (bicyclic) bond motifs is 1. The number of likely N-dealkylation sites (N-methyl/N-ethyl adjacent to an activating group) is 1. The molecule has 0 saturated carbocycles. The molecule has 1 aromatic heterocycles. The predicted molar refractivity (Wildman–Crippen MR) is 92.4 cm³/mol. The second-order valence-corrected chi connectivity index (χ2v) is 7.37. The molecule has 1 aliphatic carbocycles. The third-order valence-electron chi connectivity index (χ3n) is 4.42. The number of aryl methyl sites for hydroxylation is 2. The lowest BCUT2D eigenvalue weighted by Gasteiger charge is -2.30. The predicted octanol–water partition coefficient (Wildman–Crippen LogP) is 3.23. The first kappa shape index (κ1) is 16.6. The topological polar surface area (TPSA) is 70.5 Å². The van der Waals surface area contributed by atoms with Crippen LogP contribution in [-0.4, -0.2) is 33.9 Å². The molecule has 1 aliphatic rings. The highest BCUT2D eigenvalue weighted by atomic mass is 32.1. The van der Waals surface area contributed by atoms with Crippen molar-refractivity contribution in [1.82, 2.24) is 9.88 Å². The van der Waals surface area contributed by atoms with E-state index in [-0.39, 0.29) is 23.9 Å². The van der Waals surface area contributed by atoms with Crippen molar-refractivity contribution in [3.63, 3.8) is 0 Å². The molecule has 6 heteroatoms.